The minimum Gasteiger partial charge on any atom is -0.481 e. The van der Waals surface area contributed by atoms with E-state index in [-0.39, 0.29) is 50.5 Å². The topological polar surface area (TPSA) is 168 Å². The average Bonchev–Trinajstić information content (AvgIpc) is 2.64. The molecule has 0 aromatic rings. The zero-order valence-corrected chi connectivity index (χ0v) is 31.2. The van der Waals surface area contributed by atoms with Crippen LogP contribution in [0.25, 0.3) is 0 Å². The molecule has 240 valence electrons. The zero-order valence-electron chi connectivity index (χ0n) is 25.5. The third-order valence-corrected chi connectivity index (χ3v) is 20.9. The van der Waals surface area contributed by atoms with Crippen LogP contribution in [0.2, 0.25) is 76.6 Å². The smallest absolute Gasteiger partial charge is 0.303 e. The first-order valence-corrected chi connectivity index (χ1v) is 25.8. The van der Waals surface area contributed by atoms with Crippen molar-refractivity contribution in [2.24, 2.45) is 0 Å². The lowest BCUT2D eigenvalue weighted by Gasteiger charge is -2.34. The van der Waals surface area contributed by atoms with Gasteiger partial charge in [0.1, 0.15) is 0 Å². The number of halogens is 2. The number of rotatable bonds is 20. The first-order chi connectivity index (χ1) is 17.1. The fourth-order valence-corrected chi connectivity index (χ4v) is 22.1. The molecule has 16 heteroatoms. The van der Waals surface area contributed by atoms with Gasteiger partial charge < -0.3 is 28.7 Å². The normalized spacial score (nSPS) is 11.8. The second-order valence-electron chi connectivity index (χ2n) is 12.2. The number of hydrogen-bond acceptors (Lipinski definition) is 6. The van der Waals surface area contributed by atoms with Crippen LogP contribution in [0.1, 0.15) is 51.4 Å². The molecule has 0 spiro atoms. The number of carboxylic acids is 4. The van der Waals surface area contributed by atoms with E-state index in [0.29, 0.717) is 25.7 Å². The molecule has 0 heterocycles. The molecular formula is C24H54Cl2O10Si4. The van der Waals surface area contributed by atoms with Gasteiger partial charge in [-0.2, -0.15) is 0 Å². The second kappa shape index (κ2) is 21.9. The van der Waals surface area contributed by atoms with Gasteiger partial charge in [-0.15, -0.1) is 24.8 Å². The van der Waals surface area contributed by atoms with Crippen molar-refractivity contribution in [3.05, 3.63) is 0 Å². The highest BCUT2D eigenvalue weighted by molar-refractivity contribution is 6.85. The van der Waals surface area contributed by atoms with Crippen molar-refractivity contribution in [1.29, 1.82) is 0 Å². The lowest BCUT2D eigenvalue weighted by atomic mass is 10.3. The molecule has 4 N–H and O–H groups in total. The summed E-state index contributed by atoms with van der Waals surface area (Å²) in [5.41, 5.74) is 0. The van der Waals surface area contributed by atoms with Crippen LogP contribution in [-0.2, 0) is 27.4 Å². The van der Waals surface area contributed by atoms with Gasteiger partial charge in [0.2, 0.25) is 0 Å². The minimum atomic E-state index is -1.83. The zero-order chi connectivity index (χ0) is 30.2. The Morgan fingerprint density at radius 3 is 0.700 bits per heavy atom. The SMILES string of the molecule is C[Si](C)(CCCC(=O)O)O[Si](C)(C)CCCC(=O)O.C[Si](C)(CCCC(=O)O)O[Si](C)(C)CCCC(=O)O.Cl.Cl. The molecule has 0 aliphatic carbocycles. The van der Waals surface area contributed by atoms with Crippen molar-refractivity contribution < 1.29 is 47.8 Å². The van der Waals surface area contributed by atoms with Crippen LogP contribution in [0.4, 0.5) is 0 Å². The summed E-state index contributed by atoms with van der Waals surface area (Å²) in [7, 11) is -7.33. The van der Waals surface area contributed by atoms with Crippen molar-refractivity contribution >= 4 is 82.0 Å². The van der Waals surface area contributed by atoms with Crippen LogP contribution in [0.5, 0.6) is 0 Å². The molecule has 0 saturated heterocycles. The molecule has 40 heavy (non-hydrogen) atoms. The Morgan fingerprint density at radius 2 is 0.575 bits per heavy atom. The maximum Gasteiger partial charge on any atom is 0.303 e. The maximum atomic E-state index is 10.5. The van der Waals surface area contributed by atoms with Crippen molar-refractivity contribution in [1.82, 2.24) is 0 Å². The van der Waals surface area contributed by atoms with Crippen molar-refractivity contribution in [3.63, 3.8) is 0 Å². The molecule has 0 radical (unpaired) electrons. The molecule has 0 bridgehead atoms. The summed E-state index contributed by atoms with van der Waals surface area (Å²) in [4.78, 5) is 42.0. The quantitative estimate of drug-likeness (QED) is 0.0968. The van der Waals surface area contributed by atoms with E-state index in [1.807, 2.05) is 0 Å². The van der Waals surface area contributed by atoms with E-state index in [2.05, 4.69) is 52.4 Å². The van der Waals surface area contributed by atoms with E-state index in [9.17, 15) is 19.2 Å². The van der Waals surface area contributed by atoms with Crippen molar-refractivity contribution in [2.75, 3.05) is 0 Å². The number of hydrogen-bond donors (Lipinski definition) is 4. The highest BCUT2D eigenvalue weighted by atomic mass is 35.5. The molecule has 0 amide bonds. The van der Waals surface area contributed by atoms with E-state index in [1.54, 1.807) is 0 Å². The summed E-state index contributed by atoms with van der Waals surface area (Å²) in [5.74, 6) is -3.05. The van der Waals surface area contributed by atoms with Crippen LogP contribution in [0.15, 0.2) is 0 Å². The third kappa shape index (κ3) is 31.8. The Bertz CT molecular complexity index is 644. The van der Waals surface area contributed by atoms with Crippen LogP contribution >= 0.6 is 24.8 Å². The van der Waals surface area contributed by atoms with E-state index < -0.39 is 57.1 Å². The first-order valence-electron chi connectivity index (χ1n) is 13.4. The highest BCUT2D eigenvalue weighted by Gasteiger charge is 2.33. The van der Waals surface area contributed by atoms with Crippen molar-refractivity contribution in [3.8, 4) is 0 Å². The van der Waals surface area contributed by atoms with Gasteiger partial charge in [0.05, 0.1) is 0 Å². The van der Waals surface area contributed by atoms with Gasteiger partial charge in [0.25, 0.3) is 0 Å². The van der Waals surface area contributed by atoms with E-state index in [1.165, 1.54) is 0 Å². The predicted molar refractivity (Wildman–Crippen MR) is 173 cm³/mol. The average molecular weight is 686 g/mol. The Kier molecular flexibility index (Phi) is 25.3. The molecule has 0 aliphatic heterocycles. The molecule has 0 fully saturated rings. The molecule has 10 nitrogen and oxygen atoms in total. The lowest BCUT2D eigenvalue weighted by Crippen LogP contribution is -2.44. The van der Waals surface area contributed by atoms with Gasteiger partial charge in [0, 0.05) is 25.7 Å². The number of aliphatic carboxylic acids is 4. The molecule has 0 rings (SSSR count). The molecule has 0 aromatic carbocycles. The molecule has 0 atom stereocenters. The summed E-state index contributed by atoms with van der Waals surface area (Å²) >= 11 is 0. The standard InChI is InChI=1S/2C12H26O5Si2.2ClH/c2*1-18(2,9-5-7-11(13)14)17-19(3,4)10-6-8-12(15)16;;/h2*5-10H2,1-4H3,(H,13,14)(H,15,16);2*1H. The van der Waals surface area contributed by atoms with Crippen molar-refractivity contribution in [2.45, 2.75) is 128 Å². The summed E-state index contributed by atoms with van der Waals surface area (Å²) in [5, 5.41) is 34.6. The summed E-state index contributed by atoms with van der Waals surface area (Å²) in [6.07, 6.45) is 3.42. The minimum absolute atomic E-state index is 0. The van der Waals surface area contributed by atoms with E-state index in [4.69, 9.17) is 28.7 Å². The molecule has 0 saturated carbocycles. The van der Waals surface area contributed by atoms with Crippen LogP contribution in [0, 0.1) is 0 Å². The van der Waals surface area contributed by atoms with Crippen LogP contribution < -0.4 is 0 Å². The van der Waals surface area contributed by atoms with Crippen LogP contribution in [0.3, 0.4) is 0 Å². The van der Waals surface area contributed by atoms with Gasteiger partial charge in [-0.1, -0.05) is 0 Å². The van der Waals surface area contributed by atoms with Gasteiger partial charge >= 0.3 is 23.9 Å². The molecule has 0 aliphatic rings. The summed E-state index contributed by atoms with van der Waals surface area (Å²) < 4.78 is 12.6. The van der Waals surface area contributed by atoms with Gasteiger partial charge in [-0.3, -0.25) is 19.2 Å². The largest absolute Gasteiger partial charge is 0.481 e. The summed E-state index contributed by atoms with van der Waals surface area (Å²) in [6, 6.07) is 3.37. The highest BCUT2D eigenvalue weighted by Crippen LogP contribution is 2.26. The van der Waals surface area contributed by atoms with Gasteiger partial charge in [0.15, 0.2) is 33.3 Å². The second-order valence-corrected chi connectivity index (χ2v) is 29.9. The van der Waals surface area contributed by atoms with E-state index >= 15 is 0 Å². The first kappa shape index (κ1) is 46.2. The fourth-order valence-electron chi connectivity index (χ4n) is 4.36. The van der Waals surface area contributed by atoms with Crippen LogP contribution in [-0.4, -0.2) is 77.6 Å². The molecule has 0 unspecified atom stereocenters. The van der Waals surface area contributed by atoms with Gasteiger partial charge in [-0.25, -0.2) is 0 Å². The Labute approximate surface area is 257 Å². The molecule has 0 aromatic heterocycles. The predicted octanol–water partition coefficient (Wildman–Crippen LogP) is 7.13. The Morgan fingerprint density at radius 1 is 0.425 bits per heavy atom. The number of carbonyl (C=O) groups is 4. The Balaban J connectivity index is -0.000000309. The third-order valence-electron chi connectivity index (χ3n) is 5.78. The number of carboxylic acid groups (broad SMARTS) is 4. The monoisotopic (exact) mass is 684 g/mol. The fraction of sp³-hybridized carbons (Fsp3) is 0.833. The lowest BCUT2D eigenvalue weighted by molar-refractivity contribution is -0.138. The Hall–Kier alpha value is -0.752. The summed E-state index contributed by atoms with van der Waals surface area (Å²) in [6.45, 7) is 16.9. The molecular weight excluding hydrogens is 632 g/mol. The van der Waals surface area contributed by atoms with Gasteiger partial charge in [-0.05, 0) is 102 Å². The van der Waals surface area contributed by atoms with E-state index in [0.717, 1.165) is 24.2 Å². The maximum absolute atomic E-state index is 10.5.